The lowest BCUT2D eigenvalue weighted by molar-refractivity contribution is 0.0948. The van der Waals surface area contributed by atoms with Crippen molar-refractivity contribution in [1.29, 1.82) is 0 Å². The van der Waals surface area contributed by atoms with Crippen LogP contribution < -0.4 is 10.1 Å². The third-order valence-corrected chi connectivity index (χ3v) is 2.71. The topological polar surface area (TPSA) is 64.1 Å². The molecule has 0 radical (unpaired) electrons. The Morgan fingerprint density at radius 2 is 1.95 bits per heavy atom. The highest BCUT2D eigenvalue weighted by Gasteiger charge is 2.07. The van der Waals surface area contributed by atoms with E-state index >= 15 is 0 Å². The Kier molecular flexibility index (Phi) is 5.06. The molecule has 104 valence electrons. The van der Waals surface area contributed by atoms with E-state index in [4.69, 9.17) is 4.74 Å². The predicted octanol–water partition coefficient (Wildman–Crippen LogP) is 1.85. The van der Waals surface area contributed by atoms with Crippen molar-refractivity contribution in [3.05, 3.63) is 53.7 Å². The molecule has 0 unspecified atom stereocenters. The fraction of sp³-hybridized carbons (Fsp3) is 0.267. The van der Waals surface area contributed by atoms with Gasteiger partial charge in [-0.05, 0) is 25.0 Å². The molecule has 1 N–H and O–H groups in total. The van der Waals surface area contributed by atoms with Crippen molar-refractivity contribution in [1.82, 2.24) is 15.5 Å². The summed E-state index contributed by atoms with van der Waals surface area (Å²) in [4.78, 5) is 11.8. The summed E-state index contributed by atoms with van der Waals surface area (Å²) in [5.74, 6) is 0.199. The van der Waals surface area contributed by atoms with E-state index in [0.717, 1.165) is 6.42 Å². The maximum absolute atomic E-state index is 11.8. The summed E-state index contributed by atoms with van der Waals surface area (Å²) < 4.78 is 5.17. The molecular formula is C15H17N3O2. The Hall–Kier alpha value is -2.43. The Morgan fingerprint density at radius 1 is 1.15 bits per heavy atom. The first-order chi connectivity index (χ1) is 9.79. The van der Waals surface area contributed by atoms with E-state index in [1.165, 1.54) is 5.56 Å². The highest BCUT2D eigenvalue weighted by molar-refractivity contribution is 5.92. The standard InChI is InChI=1S/C15H17N3O2/c1-2-20-14-9-8-13(17-18-14)15(19)16-11-10-12-6-4-3-5-7-12/h3-9H,2,10-11H2,1H3,(H,16,19). The molecule has 2 aromatic rings. The monoisotopic (exact) mass is 271 g/mol. The molecule has 1 heterocycles. The average Bonchev–Trinajstić information content (AvgIpc) is 2.49. The van der Waals surface area contributed by atoms with Gasteiger partial charge < -0.3 is 10.1 Å². The molecule has 0 bridgehead atoms. The second-order valence-corrected chi connectivity index (χ2v) is 4.18. The van der Waals surface area contributed by atoms with Crippen molar-refractivity contribution in [3.63, 3.8) is 0 Å². The van der Waals surface area contributed by atoms with E-state index in [-0.39, 0.29) is 5.91 Å². The first-order valence-electron chi connectivity index (χ1n) is 6.58. The fourth-order valence-electron chi connectivity index (χ4n) is 1.72. The maximum Gasteiger partial charge on any atom is 0.271 e. The van der Waals surface area contributed by atoms with Crippen LogP contribution in [0.15, 0.2) is 42.5 Å². The smallest absolute Gasteiger partial charge is 0.271 e. The van der Waals surface area contributed by atoms with Crippen LogP contribution in [0.4, 0.5) is 0 Å². The van der Waals surface area contributed by atoms with Gasteiger partial charge >= 0.3 is 0 Å². The van der Waals surface area contributed by atoms with Gasteiger partial charge in [-0.1, -0.05) is 30.3 Å². The van der Waals surface area contributed by atoms with Crippen LogP contribution in [0.25, 0.3) is 0 Å². The van der Waals surface area contributed by atoms with Gasteiger partial charge in [0, 0.05) is 12.6 Å². The second kappa shape index (κ2) is 7.23. The number of rotatable bonds is 6. The number of carbonyl (C=O) groups is 1. The molecule has 0 saturated heterocycles. The minimum atomic E-state index is -0.225. The lowest BCUT2D eigenvalue weighted by Crippen LogP contribution is -2.26. The summed E-state index contributed by atoms with van der Waals surface area (Å²) in [6.07, 6.45) is 0.789. The van der Waals surface area contributed by atoms with Crippen LogP contribution in [-0.4, -0.2) is 29.3 Å². The zero-order valence-electron chi connectivity index (χ0n) is 11.4. The van der Waals surface area contributed by atoms with Gasteiger partial charge in [0.25, 0.3) is 5.91 Å². The molecule has 2 rings (SSSR count). The van der Waals surface area contributed by atoms with Crippen LogP contribution in [0.5, 0.6) is 5.88 Å². The average molecular weight is 271 g/mol. The van der Waals surface area contributed by atoms with Crippen LogP contribution >= 0.6 is 0 Å². The molecule has 1 aromatic carbocycles. The zero-order valence-corrected chi connectivity index (χ0v) is 11.4. The molecule has 0 aliphatic carbocycles. The van der Waals surface area contributed by atoms with E-state index in [9.17, 15) is 4.79 Å². The zero-order chi connectivity index (χ0) is 14.2. The molecule has 0 aliphatic rings. The third-order valence-electron chi connectivity index (χ3n) is 2.71. The number of hydrogen-bond donors (Lipinski definition) is 1. The van der Waals surface area contributed by atoms with Crippen LogP contribution in [0, 0.1) is 0 Å². The van der Waals surface area contributed by atoms with Gasteiger partial charge in [-0.25, -0.2) is 0 Å². The molecule has 5 nitrogen and oxygen atoms in total. The second-order valence-electron chi connectivity index (χ2n) is 4.18. The van der Waals surface area contributed by atoms with Gasteiger partial charge in [0.05, 0.1) is 6.61 Å². The molecule has 1 aromatic heterocycles. The van der Waals surface area contributed by atoms with E-state index in [0.29, 0.717) is 24.7 Å². The van der Waals surface area contributed by atoms with E-state index in [1.54, 1.807) is 12.1 Å². The maximum atomic E-state index is 11.8. The van der Waals surface area contributed by atoms with Crippen molar-refractivity contribution < 1.29 is 9.53 Å². The van der Waals surface area contributed by atoms with Gasteiger partial charge in [0.2, 0.25) is 5.88 Å². The van der Waals surface area contributed by atoms with Crippen molar-refractivity contribution in [3.8, 4) is 5.88 Å². The number of amides is 1. The molecule has 0 saturated carbocycles. The third kappa shape index (κ3) is 4.05. The number of benzene rings is 1. The fourth-order valence-corrected chi connectivity index (χ4v) is 1.72. The van der Waals surface area contributed by atoms with E-state index in [2.05, 4.69) is 15.5 Å². The molecule has 1 amide bonds. The number of aromatic nitrogens is 2. The number of carbonyl (C=O) groups excluding carboxylic acids is 1. The van der Waals surface area contributed by atoms with Gasteiger partial charge in [0.1, 0.15) is 0 Å². The number of nitrogens with one attached hydrogen (secondary N) is 1. The lowest BCUT2D eigenvalue weighted by Gasteiger charge is -2.05. The SMILES string of the molecule is CCOc1ccc(C(=O)NCCc2ccccc2)nn1. The molecule has 5 heteroatoms. The summed E-state index contributed by atoms with van der Waals surface area (Å²) in [5.41, 5.74) is 1.48. The largest absolute Gasteiger partial charge is 0.477 e. The molecule has 0 aliphatic heterocycles. The van der Waals surface area contributed by atoms with Crippen molar-refractivity contribution in [2.45, 2.75) is 13.3 Å². The number of ether oxygens (including phenoxy) is 1. The van der Waals surface area contributed by atoms with E-state index in [1.807, 2.05) is 37.3 Å². The van der Waals surface area contributed by atoms with Gasteiger partial charge in [-0.15, -0.1) is 10.2 Å². The number of hydrogen-bond acceptors (Lipinski definition) is 4. The summed E-state index contributed by atoms with van der Waals surface area (Å²) in [7, 11) is 0. The highest BCUT2D eigenvalue weighted by Crippen LogP contribution is 2.04. The van der Waals surface area contributed by atoms with Crippen molar-refractivity contribution >= 4 is 5.91 Å². The molecule has 0 spiro atoms. The minimum absolute atomic E-state index is 0.225. The normalized spacial score (nSPS) is 10.1. The lowest BCUT2D eigenvalue weighted by atomic mass is 10.1. The predicted molar refractivity (Wildman–Crippen MR) is 75.7 cm³/mol. The summed E-state index contributed by atoms with van der Waals surface area (Å²) in [6, 6.07) is 13.2. The molecule has 0 fully saturated rings. The van der Waals surface area contributed by atoms with Crippen LogP contribution in [0.1, 0.15) is 23.0 Å². The first-order valence-corrected chi connectivity index (χ1v) is 6.58. The first kappa shape index (κ1) is 14.0. The Labute approximate surface area is 118 Å². The Bertz CT molecular complexity index is 541. The molecule has 0 atom stereocenters. The van der Waals surface area contributed by atoms with Gasteiger partial charge in [-0.2, -0.15) is 0 Å². The van der Waals surface area contributed by atoms with Crippen LogP contribution in [0.3, 0.4) is 0 Å². The minimum Gasteiger partial charge on any atom is -0.477 e. The summed E-state index contributed by atoms with van der Waals surface area (Å²) >= 11 is 0. The number of nitrogens with zero attached hydrogens (tertiary/aromatic N) is 2. The van der Waals surface area contributed by atoms with Crippen LogP contribution in [-0.2, 0) is 6.42 Å². The Morgan fingerprint density at radius 3 is 2.60 bits per heavy atom. The van der Waals surface area contributed by atoms with Gasteiger partial charge in [0.15, 0.2) is 5.69 Å². The molecule has 20 heavy (non-hydrogen) atoms. The van der Waals surface area contributed by atoms with Crippen molar-refractivity contribution in [2.24, 2.45) is 0 Å². The quantitative estimate of drug-likeness (QED) is 0.870. The summed E-state index contributed by atoms with van der Waals surface area (Å²) in [5, 5.41) is 10.5. The van der Waals surface area contributed by atoms with Crippen LogP contribution in [0.2, 0.25) is 0 Å². The highest BCUT2D eigenvalue weighted by atomic mass is 16.5. The van der Waals surface area contributed by atoms with Crippen molar-refractivity contribution in [2.75, 3.05) is 13.2 Å². The Balaban J connectivity index is 1.82. The molecular weight excluding hydrogens is 254 g/mol. The summed E-state index contributed by atoms with van der Waals surface area (Å²) in [6.45, 7) is 2.96. The van der Waals surface area contributed by atoms with E-state index < -0.39 is 0 Å². The van der Waals surface area contributed by atoms with Gasteiger partial charge in [-0.3, -0.25) is 4.79 Å².